The monoisotopic (exact) mass is 304 g/mol. The van der Waals surface area contributed by atoms with Gasteiger partial charge in [-0.2, -0.15) is 0 Å². The summed E-state index contributed by atoms with van der Waals surface area (Å²) in [6.45, 7) is 2.55. The third-order valence-corrected chi connectivity index (χ3v) is 3.81. The molecule has 1 aliphatic rings. The van der Waals surface area contributed by atoms with Crippen LogP contribution in [0.15, 0.2) is 24.3 Å². The van der Waals surface area contributed by atoms with Crippen molar-refractivity contribution in [2.24, 2.45) is 5.92 Å². The molecular formula is C16H20N2O4. The molecule has 2 rings (SSSR count). The summed E-state index contributed by atoms with van der Waals surface area (Å²) >= 11 is 0. The zero-order valence-corrected chi connectivity index (χ0v) is 12.5. The van der Waals surface area contributed by atoms with Crippen LogP contribution in [0.3, 0.4) is 0 Å². The molecule has 1 aromatic rings. The van der Waals surface area contributed by atoms with Crippen molar-refractivity contribution < 1.29 is 19.5 Å². The van der Waals surface area contributed by atoms with Gasteiger partial charge in [-0.1, -0.05) is 19.1 Å². The number of rotatable bonds is 4. The number of nitrogens with zero attached hydrogens (tertiary/aromatic N) is 1. The van der Waals surface area contributed by atoms with E-state index in [-0.39, 0.29) is 18.4 Å². The molecule has 1 fully saturated rings. The Bertz CT molecular complexity index is 585. The summed E-state index contributed by atoms with van der Waals surface area (Å²) in [5.41, 5.74) is 1.10. The first kappa shape index (κ1) is 16.0. The summed E-state index contributed by atoms with van der Waals surface area (Å²) < 4.78 is 0. The van der Waals surface area contributed by atoms with Gasteiger partial charge in [-0.3, -0.25) is 9.59 Å². The third-order valence-electron chi connectivity index (χ3n) is 3.81. The predicted molar refractivity (Wildman–Crippen MR) is 82.0 cm³/mol. The lowest BCUT2D eigenvalue weighted by molar-refractivity contribution is -0.143. The van der Waals surface area contributed by atoms with Crippen LogP contribution in [-0.4, -0.2) is 40.9 Å². The molecule has 6 heteroatoms. The van der Waals surface area contributed by atoms with Gasteiger partial charge in [-0.15, -0.1) is 0 Å². The van der Waals surface area contributed by atoms with E-state index >= 15 is 0 Å². The number of hydrogen-bond acceptors (Lipinski definition) is 3. The largest absolute Gasteiger partial charge is 0.481 e. The molecular weight excluding hydrogens is 284 g/mol. The van der Waals surface area contributed by atoms with Crippen LogP contribution in [0.4, 0.5) is 10.5 Å². The molecule has 6 nitrogen and oxygen atoms in total. The maximum atomic E-state index is 12.2. The van der Waals surface area contributed by atoms with E-state index in [2.05, 4.69) is 5.32 Å². The first-order valence-corrected chi connectivity index (χ1v) is 7.43. The summed E-state index contributed by atoms with van der Waals surface area (Å²) in [7, 11) is 0. The fourth-order valence-corrected chi connectivity index (χ4v) is 2.54. The van der Waals surface area contributed by atoms with Crippen LogP contribution in [0.5, 0.6) is 0 Å². The van der Waals surface area contributed by atoms with Gasteiger partial charge in [-0.05, 0) is 25.0 Å². The number of likely N-dealkylation sites (tertiary alicyclic amines) is 1. The second-order valence-corrected chi connectivity index (χ2v) is 5.41. The van der Waals surface area contributed by atoms with E-state index in [0.29, 0.717) is 37.1 Å². The minimum Gasteiger partial charge on any atom is -0.481 e. The highest BCUT2D eigenvalue weighted by Gasteiger charge is 2.28. The number of hydrogen-bond donors (Lipinski definition) is 2. The molecule has 1 saturated heterocycles. The average Bonchev–Trinajstić information content (AvgIpc) is 2.54. The minimum absolute atomic E-state index is 0.0139. The highest BCUT2D eigenvalue weighted by atomic mass is 16.4. The number of nitrogens with one attached hydrogen (secondary N) is 1. The maximum absolute atomic E-state index is 12.2. The van der Waals surface area contributed by atoms with Crippen molar-refractivity contribution in [1.82, 2.24) is 4.90 Å². The number of ketones is 1. The minimum atomic E-state index is -0.868. The Morgan fingerprint density at radius 3 is 2.82 bits per heavy atom. The first-order valence-electron chi connectivity index (χ1n) is 7.43. The Balaban J connectivity index is 2.02. The Morgan fingerprint density at radius 1 is 1.36 bits per heavy atom. The fourth-order valence-electron chi connectivity index (χ4n) is 2.54. The number of aliphatic carboxylic acids is 1. The van der Waals surface area contributed by atoms with E-state index in [1.54, 1.807) is 31.2 Å². The van der Waals surface area contributed by atoms with Crippen LogP contribution in [0.25, 0.3) is 0 Å². The predicted octanol–water partition coefficient (Wildman–Crippen LogP) is 2.61. The molecule has 1 aromatic carbocycles. The zero-order valence-electron chi connectivity index (χ0n) is 12.5. The molecule has 2 N–H and O–H groups in total. The molecule has 0 spiro atoms. The summed E-state index contributed by atoms with van der Waals surface area (Å²) in [6.07, 6.45) is 1.68. The first-order chi connectivity index (χ1) is 10.5. The van der Waals surface area contributed by atoms with Crippen LogP contribution in [0.2, 0.25) is 0 Å². The van der Waals surface area contributed by atoms with E-state index in [1.165, 1.54) is 4.90 Å². The number of carbonyl (C=O) groups is 3. The van der Waals surface area contributed by atoms with Crippen LogP contribution in [0.1, 0.15) is 36.5 Å². The van der Waals surface area contributed by atoms with Gasteiger partial charge in [0.15, 0.2) is 5.78 Å². The Labute approximate surface area is 129 Å². The Morgan fingerprint density at radius 2 is 2.14 bits per heavy atom. The summed E-state index contributed by atoms with van der Waals surface area (Å²) in [5, 5.41) is 11.8. The molecule has 1 aliphatic heterocycles. The quantitative estimate of drug-likeness (QED) is 0.837. The molecule has 1 unspecified atom stereocenters. The number of benzene rings is 1. The number of amides is 2. The second kappa shape index (κ2) is 7.06. The van der Waals surface area contributed by atoms with Gasteiger partial charge in [0.05, 0.1) is 5.92 Å². The van der Waals surface area contributed by atoms with E-state index in [9.17, 15) is 14.4 Å². The normalized spacial score (nSPS) is 17.9. The second-order valence-electron chi connectivity index (χ2n) is 5.41. The average molecular weight is 304 g/mol. The van der Waals surface area contributed by atoms with E-state index in [1.807, 2.05) is 0 Å². The maximum Gasteiger partial charge on any atom is 0.321 e. The van der Waals surface area contributed by atoms with Crippen molar-refractivity contribution in [1.29, 1.82) is 0 Å². The summed E-state index contributed by atoms with van der Waals surface area (Å²) in [6, 6.07) is 6.45. The molecule has 2 amide bonds. The van der Waals surface area contributed by atoms with Gasteiger partial charge in [0.1, 0.15) is 0 Å². The summed E-state index contributed by atoms with van der Waals surface area (Å²) in [4.78, 5) is 36.5. The van der Waals surface area contributed by atoms with Crippen LogP contribution < -0.4 is 5.32 Å². The fraction of sp³-hybridized carbons (Fsp3) is 0.438. The molecule has 0 aliphatic carbocycles. The molecule has 22 heavy (non-hydrogen) atoms. The Kier molecular flexibility index (Phi) is 5.14. The highest BCUT2D eigenvalue weighted by molar-refractivity contribution is 5.98. The third kappa shape index (κ3) is 3.84. The summed E-state index contributed by atoms with van der Waals surface area (Å²) in [5.74, 6) is -1.36. The van der Waals surface area contributed by atoms with Gasteiger partial charge in [0.2, 0.25) is 0 Å². The van der Waals surface area contributed by atoms with Crippen LogP contribution in [-0.2, 0) is 4.79 Å². The van der Waals surface area contributed by atoms with E-state index < -0.39 is 11.9 Å². The van der Waals surface area contributed by atoms with Crippen LogP contribution >= 0.6 is 0 Å². The highest BCUT2D eigenvalue weighted by Crippen LogP contribution is 2.18. The van der Waals surface area contributed by atoms with Crippen molar-refractivity contribution in [2.45, 2.75) is 26.2 Å². The number of carboxylic acid groups (broad SMARTS) is 1. The van der Waals surface area contributed by atoms with Crippen molar-refractivity contribution in [3.63, 3.8) is 0 Å². The van der Waals surface area contributed by atoms with Gasteiger partial charge >= 0.3 is 12.0 Å². The van der Waals surface area contributed by atoms with Crippen molar-refractivity contribution in [2.75, 3.05) is 18.4 Å². The lowest BCUT2D eigenvalue weighted by Gasteiger charge is -2.30. The van der Waals surface area contributed by atoms with Crippen molar-refractivity contribution >= 4 is 23.5 Å². The van der Waals surface area contributed by atoms with Gasteiger partial charge in [0.25, 0.3) is 0 Å². The number of urea groups is 1. The van der Waals surface area contributed by atoms with Crippen molar-refractivity contribution in [3.8, 4) is 0 Å². The van der Waals surface area contributed by atoms with Crippen molar-refractivity contribution in [3.05, 3.63) is 29.8 Å². The molecule has 0 aromatic heterocycles. The number of carbonyl (C=O) groups excluding carboxylic acids is 2. The number of anilines is 1. The van der Waals surface area contributed by atoms with Crippen LogP contribution in [0, 0.1) is 5.92 Å². The van der Waals surface area contributed by atoms with Gasteiger partial charge in [0, 0.05) is 30.8 Å². The van der Waals surface area contributed by atoms with E-state index in [4.69, 9.17) is 5.11 Å². The van der Waals surface area contributed by atoms with Gasteiger partial charge < -0.3 is 15.3 Å². The smallest absolute Gasteiger partial charge is 0.321 e. The van der Waals surface area contributed by atoms with E-state index in [0.717, 1.165) is 0 Å². The number of carboxylic acids is 1. The Hall–Kier alpha value is -2.37. The zero-order chi connectivity index (χ0) is 16.1. The SMILES string of the molecule is CCC(=O)c1cccc(NC(=O)N2CCCC(C(=O)O)C2)c1. The lowest BCUT2D eigenvalue weighted by Crippen LogP contribution is -2.44. The molecule has 1 heterocycles. The number of piperidine rings is 1. The standard InChI is InChI=1S/C16H20N2O4/c1-2-14(19)11-5-3-7-13(9-11)17-16(22)18-8-4-6-12(10-18)15(20)21/h3,5,7,9,12H,2,4,6,8,10H2,1H3,(H,17,22)(H,20,21). The topological polar surface area (TPSA) is 86.7 Å². The lowest BCUT2D eigenvalue weighted by atomic mass is 9.99. The molecule has 1 atom stereocenters. The molecule has 0 saturated carbocycles. The molecule has 0 radical (unpaired) electrons. The molecule has 118 valence electrons. The number of Topliss-reactive ketones (excluding diaryl/α,β-unsaturated/α-hetero) is 1. The van der Waals surface area contributed by atoms with Gasteiger partial charge in [-0.25, -0.2) is 4.79 Å². The molecule has 0 bridgehead atoms.